The van der Waals surface area contributed by atoms with Crippen molar-refractivity contribution in [1.29, 1.82) is 0 Å². The zero-order valence-electron chi connectivity index (χ0n) is 17.8. The number of Topliss-reactive ketones (excluding diaryl/α,β-unsaturated/α-hetero) is 1. The lowest BCUT2D eigenvalue weighted by Crippen LogP contribution is -2.61. The van der Waals surface area contributed by atoms with Crippen LogP contribution >= 0.6 is 0 Å². The van der Waals surface area contributed by atoms with E-state index in [-0.39, 0.29) is 18.6 Å². The summed E-state index contributed by atoms with van der Waals surface area (Å²) in [6.45, 7) is 2.99. The molecule has 8 heteroatoms. The van der Waals surface area contributed by atoms with E-state index in [1.165, 1.54) is 34.3 Å². The number of cyclic esters (lactones) is 2. The van der Waals surface area contributed by atoms with Crippen molar-refractivity contribution in [3.8, 4) is 11.5 Å². The fraction of sp³-hybridized carbons (Fsp3) is 0.435. The number of esters is 2. The third kappa shape index (κ3) is 3.26. The molecule has 1 aliphatic carbocycles. The highest BCUT2D eigenvalue weighted by atomic mass is 16.7. The number of benzene rings is 1. The van der Waals surface area contributed by atoms with E-state index in [1.54, 1.807) is 30.3 Å². The first-order valence-corrected chi connectivity index (χ1v) is 9.97. The average molecular weight is 428 g/mol. The number of carbonyl (C=O) groups is 3. The number of methoxy groups -OCH3 is 2. The molecule has 1 saturated carbocycles. The summed E-state index contributed by atoms with van der Waals surface area (Å²) in [4.78, 5) is 39.9. The molecular formula is C23H24O8. The molecule has 1 spiro atoms. The van der Waals surface area contributed by atoms with Gasteiger partial charge in [-0.3, -0.25) is 14.4 Å². The number of hydrogen-bond donors (Lipinski definition) is 0. The molecule has 1 aliphatic heterocycles. The maximum Gasteiger partial charge on any atom is 0.328 e. The summed E-state index contributed by atoms with van der Waals surface area (Å²) >= 11 is 0. The SMILES string of the molecule is COc1ccc([C@@H]2CC(=O)C[C@H](c3ccco3)C23C(=O)OC(C)(C)OC3=O)cc1OC. The average Bonchev–Trinajstić information content (AvgIpc) is 3.25. The molecule has 0 amide bonds. The molecule has 1 aromatic carbocycles. The van der Waals surface area contributed by atoms with E-state index in [0.29, 0.717) is 22.8 Å². The normalized spacial score (nSPS) is 24.5. The van der Waals surface area contributed by atoms with Gasteiger partial charge in [-0.05, 0) is 29.8 Å². The predicted octanol–water partition coefficient (Wildman–Crippen LogP) is 3.35. The summed E-state index contributed by atoms with van der Waals surface area (Å²) < 4.78 is 27.4. The molecule has 0 N–H and O–H groups in total. The molecule has 1 saturated heterocycles. The van der Waals surface area contributed by atoms with Crippen molar-refractivity contribution in [2.45, 2.75) is 44.3 Å². The summed E-state index contributed by atoms with van der Waals surface area (Å²) in [6, 6.07) is 8.36. The van der Waals surface area contributed by atoms with Gasteiger partial charge in [-0.15, -0.1) is 0 Å². The van der Waals surface area contributed by atoms with Crippen LogP contribution in [0.4, 0.5) is 0 Å². The summed E-state index contributed by atoms with van der Waals surface area (Å²) in [5.41, 5.74) is -1.21. The van der Waals surface area contributed by atoms with Crippen LogP contribution in [0.25, 0.3) is 0 Å². The molecule has 1 aromatic heterocycles. The first-order valence-electron chi connectivity index (χ1n) is 9.97. The monoisotopic (exact) mass is 428 g/mol. The van der Waals surface area contributed by atoms with Crippen molar-refractivity contribution in [2.75, 3.05) is 14.2 Å². The third-order valence-corrected chi connectivity index (χ3v) is 6.01. The van der Waals surface area contributed by atoms with Gasteiger partial charge in [0, 0.05) is 32.6 Å². The Labute approximate surface area is 179 Å². The molecule has 2 atom stereocenters. The molecule has 2 aliphatic rings. The second kappa shape index (κ2) is 7.44. The fourth-order valence-corrected chi connectivity index (χ4v) is 4.66. The zero-order valence-corrected chi connectivity index (χ0v) is 17.8. The number of carbonyl (C=O) groups excluding carboxylic acids is 3. The first-order chi connectivity index (χ1) is 14.7. The quantitative estimate of drug-likeness (QED) is 0.540. The molecule has 0 unspecified atom stereocenters. The highest BCUT2D eigenvalue weighted by molar-refractivity contribution is 6.06. The first kappa shape index (κ1) is 21.0. The van der Waals surface area contributed by atoms with Crippen LogP contribution in [-0.2, 0) is 23.9 Å². The standard InChI is InChI=1S/C23H24O8/c1-22(2)30-20(25)23(21(26)31-22)15(13-7-8-18(27-3)19(10-13)28-4)11-14(24)12-16(23)17-6-5-9-29-17/h5-10,15-16H,11-12H2,1-4H3/t15-,16+/m0/s1. The van der Waals surface area contributed by atoms with Crippen LogP contribution in [0.3, 0.4) is 0 Å². The Bertz CT molecular complexity index is 1000. The third-order valence-electron chi connectivity index (χ3n) is 6.01. The molecule has 0 bridgehead atoms. The molecule has 2 aromatic rings. The second-order valence-electron chi connectivity index (χ2n) is 8.23. The topological polar surface area (TPSA) is 101 Å². The van der Waals surface area contributed by atoms with Crippen LogP contribution in [0.15, 0.2) is 41.0 Å². The van der Waals surface area contributed by atoms with E-state index in [1.807, 2.05) is 0 Å². The Balaban J connectivity index is 1.93. The number of rotatable bonds is 4. The molecule has 2 heterocycles. The van der Waals surface area contributed by atoms with Crippen molar-refractivity contribution in [3.05, 3.63) is 47.9 Å². The van der Waals surface area contributed by atoms with Crippen LogP contribution in [0.5, 0.6) is 11.5 Å². The minimum atomic E-state index is -1.78. The molecule has 31 heavy (non-hydrogen) atoms. The lowest BCUT2D eigenvalue weighted by Gasteiger charge is -2.49. The lowest BCUT2D eigenvalue weighted by molar-refractivity contribution is -0.256. The highest BCUT2D eigenvalue weighted by Gasteiger charge is 2.68. The molecular weight excluding hydrogens is 404 g/mol. The Morgan fingerprint density at radius 1 is 0.903 bits per heavy atom. The van der Waals surface area contributed by atoms with E-state index in [4.69, 9.17) is 23.4 Å². The van der Waals surface area contributed by atoms with Gasteiger partial charge >= 0.3 is 11.9 Å². The Morgan fingerprint density at radius 3 is 2.13 bits per heavy atom. The molecule has 0 radical (unpaired) electrons. The van der Waals surface area contributed by atoms with Crippen molar-refractivity contribution in [1.82, 2.24) is 0 Å². The van der Waals surface area contributed by atoms with Gasteiger partial charge in [0.2, 0.25) is 0 Å². The maximum atomic E-state index is 13.5. The Morgan fingerprint density at radius 2 is 1.55 bits per heavy atom. The van der Waals surface area contributed by atoms with Gasteiger partial charge in [0.15, 0.2) is 16.9 Å². The summed E-state index contributed by atoms with van der Waals surface area (Å²) in [6.07, 6.45) is 1.37. The van der Waals surface area contributed by atoms with Crippen LogP contribution < -0.4 is 9.47 Å². The van der Waals surface area contributed by atoms with Crippen molar-refractivity contribution in [2.24, 2.45) is 5.41 Å². The van der Waals surface area contributed by atoms with Crippen LogP contribution in [0.2, 0.25) is 0 Å². The number of furan rings is 1. The highest BCUT2D eigenvalue weighted by Crippen LogP contribution is 2.58. The molecule has 4 rings (SSSR count). The van der Waals surface area contributed by atoms with Crippen LogP contribution in [0, 0.1) is 5.41 Å². The van der Waals surface area contributed by atoms with Crippen molar-refractivity contribution in [3.63, 3.8) is 0 Å². The van der Waals surface area contributed by atoms with E-state index in [0.717, 1.165) is 0 Å². The van der Waals surface area contributed by atoms with E-state index < -0.39 is 35.0 Å². The largest absolute Gasteiger partial charge is 0.493 e. The smallest absolute Gasteiger partial charge is 0.328 e. The van der Waals surface area contributed by atoms with Crippen molar-refractivity contribution >= 4 is 17.7 Å². The minimum Gasteiger partial charge on any atom is -0.493 e. The maximum absolute atomic E-state index is 13.5. The number of hydrogen-bond acceptors (Lipinski definition) is 8. The Hall–Kier alpha value is -3.29. The predicted molar refractivity (Wildman–Crippen MR) is 107 cm³/mol. The van der Waals surface area contributed by atoms with E-state index >= 15 is 0 Å². The Kier molecular flexibility index (Phi) is 5.03. The van der Waals surface area contributed by atoms with Gasteiger partial charge in [-0.1, -0.05) is 6.07 Å². The van der Waals surface area contributed by atoms with Gasteiger partial charge in [0.25, 0.3) is 5.79 Å². The van der Waals surface area contributed by atoms with E-state index in [2.05, 4.69) is 0 Å². The van der Waals surface area contributed by atoms with Gasteiger partial charge in [0.05, 0.1) is 26.4 Å². The minimum absolute atomic E-state index is 0.0304. The molecule has 164 valence electrons. The van der Waals surface area contributed by atoms with Gasteiger partial charge in [-0.2, -0.15) is 0 Å². The number of ketones is 1. The molecule has 8 nitrogen and oxygen atoms in total. The van der Waals surface area contributed by atoms with E-state index in [9.17, 15) is 14.4 Å². The fourth-order valence-electron chi connectivity index (χ4n) is 4.66. The van der Waals surface area contributed by atoms with Gasteiger partial charge in [0.1, 0.15) is 11.5 Å². The summed E-state index contributed by atoms with van der Waals surface area (Å²) in [5, 5.41) is 0. The van der Waals surface area contributed by atoms with Gasteiger partial charge < -0.3 is 23.4 Å². The zero-order chi connectivity index (χ0) is 22.4. The van der Waals surface area contributed by atoms with Gasteiger partial charge in [-0.25, -0.2) is 0 Å². The lowest BCUT2D eigenvalue weighted by atomic mass is 9.56. The summed E-state index contributed by atoms with van der Waals surface area (Å²) in [7, 11) is 2.99. The van der Waals surface area contributed by atoms with Crippen LogP contribution in [-0.4, -0.2) is 37.7 Å². The molecule has 2 fully saturated rings. The van der Waals surface area contributed by atoms with Crippen LogP contribution in [0.1, 0.15) is 49.8 Å². The summed E-state index contributed by atoms with van der Waals surface area (Å²) in [5.74, 6) is -3.41. The van der Waals surface area contributed by atoms with Crippen molar-refractivity contribution < 1.29 is 37.7 Å². The second-order valence-corrected chi connectivity index (χ2v) is 8.23. The number of ether oxygens (including phenoxy) is 4.